The van der Waals surface area contributed by atoms with Gasteiger partial charge in [-0.3, -0.25) is 0 Å². The number of hydrogen-bond acceptors (Lipinski definition) is 2. The van der Waals surface area contributed by atoms with Gasteiger partial charge in [0.1, 0.15) is 0 Å². The zero-order valence-electron chi connectivity index (χ0n) is 12.7. The van der Waals surface area contributed by atoms with Crippen LogP contribution in [0.15, 0.2) is 36.4 Å². The van der Waals surface area contributed by atoms with Crippen LogP contribution in [0.4, 0.5) is 0 Å². The molecule has 2 aromatic rings. The van der Waals surface area contributed by atoms with E-state index in [9.17, 15) is 0 Å². The summed E-state index contributed by atoms with van der Waals surface area (Å²) in [6, 6.07) is 12.8. The molecule has 0 radical (unpaired) electrons. The highest BCUT2D eigenvalue weighted by molar-refractivity contribution is 5.43. The quantitative estimate of drug-likeness (QED) is 0.814. The number of methoxy groups -OCH3 is 2. The summed E-state index contributed by atoms with van der Waals surface area (Å²) in [5.41, 5.74) is 5.36. The summed E-state index contributed by atoms with van der Waals surface area (Å²) in [7, 11) is 3.33. The van der Waals surface area contributed by atoms with Gasteiger partial charge in [0.15, 0.2) is 11.5 Å². The first-order chi connectivity index (χ1) is 9.63. The number of ether oxygens (including phenoxy) is 2. The number of aryl methyl sites for hydroxylation is 4. The molecule has 0 heterocycles. The van der Waals surface area contributed by atoms with Crippen LogP contribution in [0.25, 0.3) is 0 Å². The summed E-state index contributed by atoms with van der Waals surface area (Å²) in [4.78, 5) is 0. The lowest BCUT2D eigenvalue weighted by Crippen LogP contribution is -1.97. The van der Waals surface area contributed by atoms with Crippen molar-refractivity contribution >= 4 is 0 Å². The molecule has 0 bridgehead atoms. The van der Waals surface area contributed by atoms with Gasteiger partial charge in [-0.05, 0) is 55.5 Å². The smallest absolute Gasteiger partial charge is 0.160 e. The van der Waals surface area contributed by atoms with Crippen LogP contribution in [0.1, 0.15) is 22.3 Å². The van der Waals surface area contributed by atoms with Gasteiger partial charge in [0, 0.05) is 0 Å². The van der Waals surface area contributed by atoms with E-state index in [-0.39, 0.29) is 0 Å². The van der Waals surface area contributed by atoms with Gasteiger partial charge in [0.05, 0.1) is 14.2 Å². The summed E-state index contributed by atoms with van der Waals surface area (Å²) in [6.07, 6.45) is 2.05. The van der Waals surface area contributed by atoms with Crippen molar-refractivity contribution in [1.82, 2.24) is 0 Å². The van der Waals surface area contributed by atoms with Gasteiger partial charge in [-0.1, -0.05) is 29.8 Å². The number of benzene rings is 2. The highest BCUT2D eigenvalue weighted by atomic mass is 16.5. The molecule has 0 fully saturated rings. The fraction of sp³-hybridized carbons (Fsp3) is 0.333. The minimum atomic E-state index is 0.781. The van der Waals surface area contributed by atoms with Crippen LogP contribution < -0.4 is 9.47 Å². The summed E-state index contributed by atoms with van der Waals surface area (Å²) >= 11 is 0. The highest BCUT2D eigenvalue weighted by Gasteiger charge is 2.05. The Bertz CT molecular complexity index is 588. The Balaban J connectivity index is 2.12. The van der Waals surface area contributed by atoms with Crippen LogP contribution >= 0.6 is 0 Å². The van der Waals surface area contributed by atoms with Crippen LogP contribution in [0, 0.1) is 13.8 Å². The molecule has 0 saturated heterocycles. The third-order valence-electron chi connectivity index (χ3n) is 3.64. The molecular weight excluding hydrogens is 248 g/mol. The Morgan fingerprint density at radius 2 is 1.55 bits per heavy atom. The van der Waals surface area contributed by atoms with Crippen molar-refractivity contribution in [3.63, 3.8) is 0 Å². The van der Waals surface area contributed by atoms with Gasteiger partial charge in [-0.2, -0.15) is 0 Å². The maximum atomic E-state index is 5.35. The molecule has 0 aliphatic rings. The summed E-state index contributed by atoms with van der Waals surface area (Å²) in [5, 5.41) is 0. The molecule has 2 aromatic carbocycles. The first kappa shape index (κ1) is 14.4. The monoisotopic (exact) mass is 270 g/mol. The fourth-order valence-corrected chi connectivity index (χ4v) is 2.38. The first-order valence-corrected chi connectivity index (χ1v) is 6.91. The molecule has 0 aliphatic heterocycles. The van der Waals surface area contributed by atoms with Crippen molar-refractivity contribution in [3.05, 3.63) is 58.7 Å². The van der Waals surface area contributed by atoms with Crippen molar-refractivity contribution in [2.75, 3.05) is 14.2 Å². The van der Waals surface area contributed by atoms with E-state index in [4.69, 9.17) is 9.47 Å². The van der Waals surface area contributed by atoms with Crippen LogP contribution in [-0.4, -0.2) is 14.2 Å². The molecule has 0 spiro atoms. The molecule has 106 valence electrons. The lowest BCUT2D eigenvalue weighted by molar-refractivity contribution is 0.354. The van der Waals surface area contributed by atoms with E-state index in [2.05, 4.69) is 44.2 Å². The largest absolute Gasteiger partial charge is 0.493 e. The Kier molecular flexibility index (Phi) is 4.67. The standard InChI is InChI=1S/C18H22O2/c1-13-5-6-14(2)16(11-13)9-7-15-8-10-17(19-3)18(12-15)20-4/h5-6,8,10-12H,7,9H2,1-4H3. The van der Waals surface area contributed by atoms with Crippen molar-refractivity contribution < 1.29 is 9.47 Å². The van der Waals surface area contributed by atoms with Gasteiger partial charge in [0.25, 0.3) is 0 Å². The molecule has 20 heavy (non-hydrogen) atoms. The van der Waals surface area contributed by atoms with Crippen molar-refractivity contribution in [3.8, 4) is 11.5 Å². The lowest BCUT2D eigenvalue weighted by Gasteiger charge is -2.11. The zero-order chi connectivity index (χ0) is 14.5. The molecule has 2 heteroatoms. The molecule has 2 rings (SSSR count). The molecule has 0 aliphatic carbocycles. The molecule has 0 atom stereocenters. The third-order valence-corrected chi connectivity index (χ3v) is 3.64. The Hall–Kier alpha value is -1.96. The molecule has 0 saturated carbocycles. The SMILES string of the molecule is COc1ccc(CCc2cc(C)ccc2C)cc1OC. The minimum absolute atomic E-state index is 0.781. The summed E-state index contributed by atoms with van der Waals surface area (Å²) < 4.78 is 10.6. The molecule has 0 unspecified atom stereocenters. The number of rotatable bonds is 5. The van der Waals surface area contributed by atoms with Gasteiger partial charge < -0.3 is 9.47 Å². The summed E-state index contributed by atoms with van der Waals surface area (Å²) in [6.45, 7) is 4.31. The van der Waals surface area contributed by atoms with Crippen LogP contribution in [-0.2, 0) is 12.8 Å². The second kappa shape index (κ2) is 6.47. The maximum absolute atomic E-state index is 5.35. The predicted molar refractivity (Wildman–Crippen MR) is 82.9 cm³/mol. The van der Waals surface area contributed by atoms with Crippen LogP contribution in [0.3, 0.4) is 0 Å². The van der Waals surface area contributed by atoms with E-state index in [1.54, 1.807) is 14.2 Å². The second-order valence-electron chi connectivity index (χ2n) is 5.12. The average Bonchev–Trinajstić information content (AvgIpc) is 2.47. The van der Waals surface area contributed by atoms with Gasteiger partial charge in [-0.25, -0.2) is 0 Å². The molecule has 0 amide bonds. The van der Waals surface area contributed by atoms with Gasteiger partial charge >= 0.3 is 0 Å². The maximum Gasteiger partial charge on any atom is 0.160 e. The van der Waals surface area contributed by atoms with Crippen molar-refractivity contribution in [2.45, 2.75) is 26.7 Å². The van der Waals surface area contributed by atoms with Crippen LogP contribution in [0.2, 0.25) is 0 Å². The van der Waals surface area contributed by atoms with E-state index >= 15 is 0 Å². The summed E-state index contributed by atoms with van der Waals surface area (Å²) in [5.74, 6) is 1.58. The van der Waals surface area contributed by atoms with Crippen molar-refractivity contribution in [2.24, 2.45) is 0 Å². The van der Waals surface area contributed by atoms with Gasteiger partial charge in [-0.15, -0.1) is 0 Å². The minimum Gasteiger partial charge on any atom is -0.493 e. The van der Waals surface area contributed by atoms with Gasteiger partial charge in [0.2, 0.25) is 0 Å². The van der Waals surface area contributed by atoms with E-state index in [1.165, 1.54) is 22.3 Å². The predicted octanol–water partition coefficient (Wildman–Crippen LogP) is 4.11. The first-order valence-electron chi connectivity index (χ1n) is 6.91. The zero-order valence-corrected chi connectivity index (χ0v) is 12.7. The van der Waals surface area contributed by atoms with E-state index in [0.717, 1.165) is 24.3 Å². The average molecular weight is 270 g/mol. The lowest BCUT2D eigenvalue weighted by atomic mass is 9.98. The molecule has 0 N–H and O–H groups in total. The molecule has 0 aromatic heterocycles. The topological polar surface area (TPSA) is 18.5 Å². The fourth-order valence-electron chi connectivity index (χ4n) is 2.38. The molecular formula is C18H22O2. The Labute approximate surface area is 121 Å². The Morgan fingerprint density at radius 1 is 0.800 bits per heavy atom. The third kappa shape index (κ3) is 3.32. The van der Waals surface area contributed by atoms with E-state index < -0.39 is 0 Å². The van der Waals surface area contributed by atoms with Crippen molar-refractivity contribution in [1.29, 1.82) is 0 Å². The van der Waals surface area contributed by atoms with E-state index in [1.807, 2.05) is 6.07 Å². The normalized spacial score (nSPS) is 10.4. The second-order valence-corrected chi connectivity index (χ2v) is 5.12. The van der Waals surface area contributed by atoms with Crippen LogP contribution in [0.5, 0.6) is 11.5 Å². The highest BCUT2D eigenvalue weighted by Crippen LogP contribution is 2.28. The number of hydrogen-bond donors (Lipinski definition) is 0. The Morgan fingerprint density at radius 3 is 2.25 bits per heavy atom. The molecule has 2 nitrogen and oxygen atoms in total. The van der Waals surface area contributed by atoms with E-state index in [0.29, 0.717) is 0 Å².